The minimum atomic E-state index is -0.175. The minimum absolute atomic E-state index is 0.175. The third-order valence-corrected chi connectivity index (χ3v) is 4.73. The molecule has 130 valence electrons. The lowest BCUT2D eigenvalue weighted by atomic mass is 10.1. The highest BCUT2D eigenvalue weighted by Gasteiger charge is 2.17. The molecule has 0 aliphatic carbocycles. The summed E-state index contributed by atoms with van der Waals surface area (Å²) in [6.07, 6.45) is 0.229. The molecule has 1 heterocycles. The number of nitrogens with one attached hydrogen (secondary N) is 1. The van der Waals surface area contributed by atoms with Crippen LogP contribution in [0.5, 0.6) is 0 Å². The molecule has 1 aromatic heterocycles. The van der Waals surface area contributed by atoms with Crippen molar-refractivity contribution in [2.45, 2.75) is 40.7 Å². The number of hydrogen-bond acceptors (Lipinski definition) is 2. The summed E-state index contributed by atoms with van der Waals surface area (Å²) in [7, 11) is 0. The molecule has 1 aromatic carbocycles. The molecule has 24 heavy (non-hydrogen) atoms. The zero-order valence-corrected chi connectivity index (χ0v) is 16.4. The zero-order chi connectivity index (χ0) is 18.0. The minimum Gasteiger partial charge on any atom is -0.324 e. The Morgan fingerprint density at radius 2 is 1.79 bits per heavy atom. The first-order chi connectivity index (χ1) is 11.2. The Kier molecular flexibility index (Phi) is 6.18. The summed E-state index contributed by atoms with van der Waals surface area (Å²) in [6.45, 7) is 8.99. The van der Waals surface area contributed by atoms with Crippen molar-refractivity contribution in [2.24, 2.45) is 5.92 Å². The SMILES string of the molecule is Cc1nn(CC(C)C)c(C)c1CC(=O)Nc1cc(Cl)c(Cl)cc1Cl. The molecule has 0 aliphatic heterocycles. The number of hydrogen-bond donors (Lipinski definition) is 1. The van der Waals surface area contributed by atoms with Crippen LogP contribution in [0.25, 0.3) is 0 Å². The van der Waals surface area contributed by atoms with Gasteiger partial charge in [-0.25, -0.2) is 0 Å². The first-order valence-corrected chi connectivity index (χ1v) is 8.79. The summed E-state index contributed by atoms with van der Waals surface area (Å²) < 4.78 is 1.95. The van der Waals surface area contributed by atoms with E-state index in [1.165, 1.54) is 6.07 Å². The van der Waals surface area contributed by atoms with Gasteiger partial charge in [-0.05, 0) is 31.9 Å². The fourth-order valence-electron chi connectivity index (χ4n) is 2.49. The number of halogens is 3. The third kappa shape index (κ3) is 4.44. The van der Waals surface area contributed by atoms with Crippen molar-refractivity contribution in [2.75, 3.05) is 5.32 Å². The Balaban J connectivity index is 2.16. The normalized spacial score (nSPS) is 11.2. The predicted octanol–water partition coefficient (Wildman–Crippen LogP) is 5.30. The molecule has 4 nitrogen and oxygen atoms in total. The van der Waals surface area contributed by atoms with Crippen LogP contribution in [0.15, 0.2) is 12.1 Å². The molecule has 2 rings (SSSR count). The van der Waals surface area contributed by atoms with Gasteiger partial charge in [-0.1, -0.05) is 48.7 Å². The van der Waals surface area contributed by atoms with Crippen molar-refractivity contribution in [3.63, 3.8) is 0 Å². The number of carbonyl (C=O) groups is 1. The molecule has 2 aromatic rings. The number of benzene rings is 1. The van der Waals surface area contributed by atoms with Gasteiger partial charge in [-0.3, -0.25) is 9.48 Å². The van der Waals surface area contributed by atoms with Gasteiger partial charge >= 0.3 is 0 Å². The fraction of sp³-hybridized carbons (Fsp3) is 0.412. The van der Waals surface area contributed by atoms with Crippen LogP contribution in [0.2, 0.25) is 15.1 Å². The number of nitrogens with zero attached hydrogens (tertiary/aromatic N) is 2. The standard InChI is InChI=1S/C17H20Cl3N3O/c1-9(2)8-23-11(4)12(10(3)22-23)5-17(24)21-16-7-14(19)13(18)6-15(16)20/h6-7,9H,5,8H2,1-4H3,(H,21,24). The van der Waals surface area contributed by atoms with Gasteiger partial charge in [0.15, 0.2) is 0 Å². The maximum Gasteiger partial charge on any atom is 0.228 e. The van der Waals surface area contributed by atoms with E-state index in [-0.39, 0.29) is 12.3 Å². The average Bonchev–Trinajstić information content (AvgIpc) is 2.71. The van der Waals surface area contributed by atoms with Gasteiger partial charge < -0.3 is 5.32 Å². The van der Waals surface area contributed by atoms with Gasteiger partial charge in [-0.2, -0.15) is 5.10 Å². The summed E-state index contributed by atoms with van der Waals surface area (Å²) in [4.78, 5) is 12.4. The van der Waals surface area contributed by atoms with E-state index >= 15 is 0 Å². The smallest absolute Gasteiger partial charge is 0.228 e. The molecule has 0 bridgehead atoms. The molecule has 0 unspecified atom stereocenters. The molecule has 0 saturated heterocycles. The van der Waals surface area contributed by atoms with Crippen LogP contribution in [0, 0.1) is 19.8 Å². The van der Waals surface area contributed by atoms with E-state index in [1.807, 2.05) is 18.5 Å². The molecule has 0 radical (unpaired) electrons. The highest BCUT2D eigenvalue weighted by molar-refractivity contribution is 6.44. The van der Waals surface area contributed by atoms with Crippen molar-refractivity contribution in [3.8, 4) is 0 Å². The van der Waals surface area contributed by atoms with E-state index in [9.17, 15) is 4.79 Å². The predicted molar refractivity (Wildman–Crippen MR) is 100 cm³/mol. The summed E-state index contributed by atoms with van der Waals surface area (Å²) >= 11 is 18.0. The number of anilines is 1. The van der Waals surface area contributed by atoms with Gasteiger partial charge in [0.05, 0.1) is 32.9 Å². The Morgan fingerprint density at radius 3 is 2.42 bits per heavy atom. The second-order valence-corrected chi connectivity index (χ2v) is 7.42. The van der Waals surface area contributed by atoms with Crippen molar-refractivity contribution in [1.82, 2.24) is 9.78 Å². The lowest BCUT2D eigenvalue weighted by Gasteiger charge is -2.10. The Labute approximate surface area is 157 Å². The largest absolute Gasteiger partial charge is 0.324 e. The second-order valence-electron chi connectivity index (χ2n) is 6.20. The van der Waals surface area contributed by atoms with Crippen LogP contribution < -0.4 is 5.32 Å². The summed E-state index contributed by atoms with van der Waals surface area (Å²) in [5.74, 6) is 0.310. The number of amides is 1. The number of aromatic nitrogens is 2. The molecule has 0 saturated carbocycles. The fourth-order valence-corrected chi connectivity index (χ4v) is 3.08. The van der Waals surface area contributed by atoms with Crippen molar-refractivity contribution < 1.29 is 4.79 Å². The number of carbonyl (C=O) groups excluding carboxylic acids is 1. The highest BCUT2D eigenvalue weighted by atomic mass is 35.5. The topological polar surface area (TPSA) is 46.9 Å². The van der Waals surface area contributed by atoms with Gasteiger partial charge in [0, 0.05) is 17.8 Å². The summed E-state index contributed by atoms with van der Waals surface area (Å²) in [5, 5.41) is 8.34. The lowest BCUT2D eigenvalue weighted by Crippen LogP contribution is -2.16. The monoisotopic (exact) mass is 387 g/mol. The lowest BCUT2D eigenvalue weighted by molar-refractivity contribution is -0.115. The molecule has 7 heteroatoms. The molecule has 1 N–H and O–H groups in total. The number of rotatable bonds is 5. The van der Waals surface area contributed by atoms with Gasteiger partial charge in [0.1, 0.15) is 0 Å². The van der Waals surface area contributed by atoms with Crippen LogP contribution in [-0.2, 0) is 17.8 Å². The third-order valence-electron chi connectivity index (χ3n) is 3.69. The van der Waals surface area contributed by atoms with Crippen LogP contribution >= 0.6 is 34.8 Å². The average molecular weight is 389 g/mol. The van der Waals surface area contributed by atoms with Crippen LogP contribution in [-0.4, -0.2) is 15.7 Å². The summed E-state index contributed by atoms with van der Waals surface area (Å²) in [5.41, 5.74) is 3.25. The second kappa shape index (κ2) is 7.77. The van der Waals surface area contributed by atoms with E-state index in [4.69, 9.17) is 34.8 Å². The van der Waals surface area contributed by atoms with E-state index in [0.29, 0.717) is 26.7 Å². The Hall–Kier alpha value is -1.23. The molecule has 1 amide bonds. The first-order valence-electron chi connectivity index (χ1n) is 7.66. The number of aryl methyl sites for hydroxylation is 1. The van der Waals surface area contributed by atoms with E-state index in [0.717, 1.165) is 23.5 Å². The van der Waals surface area contributed by atoms with Crippen molar-refractivity contribution >= 4 is 46.4 Å². The quantitative estimate of drug-likeness (QED) is 0.707. The molecule has 0 atom stereocenters. The zero-order valence-electron chi connectivity index (χ0n) is 14.1. The molecular weight excluding hydrogens is 369 g/mol. The van der Waals surface area contributed by atoms with Gasteiger partial charge in [0.25, 0.3) is 0 Å². The summed E-state index contributed by atoms with van der Waals surface area (Å²) in [6, 6.07) is 3.06. The van der Waals surface area contributed by atoms with E-state index in [1.54, 1.807) is 6.07 Å². The first kappa shape index (κ1) is 19.1. The van der Waals surface area contributed by atoms with Gasteiger partial charge in [-0.15, -0.1) is 0 Å². The maximum absolute atomic E-state index is 12.4. The van der Waals surface area contributed by atoms with E-state index in [2.05, 4.69) is 24.3 Å². The Morgan fingerprint density at radius 1 is 1.17 bits per heavy atom. The van der Waals surface area contributed by atoms with Crippen LogP contribution in [0.1, 0.15) is 30.8 Å². The molecule has 0 aliphatic rings. The molecule has 0 spiro atoms. The van der Waals surface area contributed by atoms with Gasteiger partial charge in [0.2, 0.25) is 5.91 Å². The Bertz CT molecular complexity index is 769. The van der Waals surface area contributed by atoms with Crippen molar-refractivity contribution in [1.29, 1.82) is 0 Å². The van der Waals surface area contributed by atoms with E-state index < -0.39 is 0 Å². The molecular formula is C17H20Cl3N3O. The van der Waals surface area contributed by atoms with Crippen molar-refractivity contribution in [3.05, 3.63) is 44.2 Å². The highest BCUT2D eigenvalue weighted by Crippen LogP contribution is 2.32. The van der Waals surface area contributed by atoms with Crippen LogP contribution in [0.3, 0.4) is 0 Å². The molecule has 0 fully saturated rings. The maximum atomic E-state index is 12.4. The van der Waals surface area contributed by atoms with Crippen LogP contribution in [0.4, 0.5) is 5.69 Å².